The highest BCUT2D eigenvalue weighted by molar-refractivity contribution is 5.99. The molecule has 1 fully saturated rings. The van der Waals surface area contributed by atoms with E-state index < -0.39 is 11.4 Å². The molecule has 1 aliphatic rings. The number of benzene rings is 1. The average Bonchev–Trinajstić information content (AvgIpc) is 2.96. The fourth-order valence-electron chi connectivity index (χ4n) is 2.62. The van der Waals surface area contributed by atoms with Crippen molar-refractivity contribution in [2.75, 3.05) is 11.9 Å². The van der Waals surface area contributed by atoms with E-state index in [-0.39, 0.29) is 11.5 Å². The second kappa shape index (κ2) is 5.33. The molecule has 0 heterocycles. The summed E-state index contributed by atoms with van der Waals surface area (Å²) in [7, 11) is 1.62. The Balaban J connectivity index is 2.22. The first-order chi connectivity index (χ1) is 9.50. The van der Waals surface area contributed by atoms with Gasteiger partial charge >= 0.3 is 5.97 Å². The lowest BCUT2D eigenvalue weighted by Gasteiger charge is -2.26. The maximum atomic E-state index is 12.5. The normalized spacial score (nSPS) is 16.4. The van der Waals surface area contributed by atoms with Gasteiger partial charge in [0.2, 0.25) is 5.91 Å². The van der Waals surface area contributed by atoms with Crippen LogP contribution in [0.2, 0.25) is 0 Å². The molecule has 0 radical (unpaired) electrons. The van der Waals surface area contributed by atoms with Crippen molar-refractivity contribution < 1.29 is 14.7 Å². The van der Waals surface area contributed by atoms with Gasteiger partial charge in [-0.05, 0) is 37.1 Å². The molecular formula is C15H16N2O3. The highest BCUT2D eigenvalue weighted by Crippen LogP contribution is 2.39. The first-order valence-corrected chi connectivity index (χ1v) is 6.53. The second-order valence-corrected chi connectivity index (χ2v) is 5.12. The molecule has 20 heavy (non-hydrogen) atoms. The molecule has 1 aliphatic carbocycles. The number of rotatable bonds is 3. The van der Waals surface area contributed by atoms with Crippen molar-refractivity contribution in [3.8, 4) is 6.07 Å². The smallest absolute Gasteiger partial charge is 0.335 e. The lowest BCUT2D eigenvalue weighted by atomic mass is 9.86. The van der Waals surface area contributed by atoms with Gasteiger partial charge in [0.05, 0.1) is 11.6 Å². The average molecular weight is 272 g/mol. The molecule has 5 nitrogen and oxygen atoms in total. The largest absolute Gasteiger partial charge is 0.478 e. The molecule has 1 N–H and O–H groups in total. The van der Waals surface area contributed by atoms with E-state index in [9.17, 15) is 14.9 Å². The maximum absolute atomic E-state index is 12.5. The van der Waals surface area contributed by atoms with Gasteiger partial charge in [-0.2, -0.15) is 5.26 Å². The van der Waals surface area contributed by atoms with E-state index in [2.05, 4.69) is 6.07 Å². The predicted molar refractivity (Wildman–Crippen MR) is 73.3 cm³/mol. The van der Waals surface area contributed by atoms with Gasteiger partial charge in [-0.3, -0.25) is 4.79 Å². The van der Waals surface area contributed by atoms with Crippen LogP contribution in [0.3, 0.4) is 0 Å². The first kappa shape index (κ1) is 14.1. The summed E-state index contributed by atoms with van der Waals surface area (Å²) in [6.45, 7) is 0. The van der Waals surface area contributed by atoms with Crippen molar-refractivity contribution >= 4 is 17.6 Å². The van der Waals surface area contributed by atoms with Crippen molar-refractivity contribution in [3.63, 3.8) is 0 Å². The summed E-state index contributed by atoms with van der Waals surface area (Å²) < 4.78 is 0. The van der Waals surface area contributed by atoms with Crippen LogP contribution in [-0.4, -0.2) is 24.0 Å². The molecular weight excluding hydrogens is 256 g/mol. The summed E-state index contributed by atoms with van der Waals surface area (Å²) in [6.07, 6.45) is 2.98. The minimum absolute atomic E-state index is 0.172. The molecule has 0 atom stereocenters. The first-order valence-electron chi connectivity index (χ1n) is 6.53. The van der Waals surface area contributed by atoms with Crippen LogP contribution in [-0.2, 0) is 4.79 Å². The predicted octanol–water partition coefficient (Wildman–Crippen LogP) is 2.43. The Morgan fingerprint density at radius 1 is 1.25 bits per heavy atom. The van der Waals surface area contributed by atoms with Crippen LogP contribution >= 0.6 is 0 Å². The zero-order chi connectivity index (χ0) is 14.8. The quantitative estimate of drug-likeness (QED) is 0.916. The molecule has 104 valence electrons. The van der Waals surface area contributed by atoms with Gasteiger partial charge < -0.3 is 10.0 Å². The number of nitriles is 1. The van der Waals surface area contributed by atoms with Crippen LogP contribution in [0, 0.1) is 16.7 Å². The van der Waals surface area contributed by atoms with E-state index in [0.29, 0.717) is 18.5 Å². The third-order valence-corrected chi connectivity index (χ3v) is 3.89. The summed E-state index contributed by atoms with van der Waals surface area (Å²) >= 11 is 0. The minimum atomic E-state index is -1.00. The molecule has 1 amide bonds. The molecule has 0 aliphatic heterocycles. The summed E-state index contributed by atoms with van der Waals surface area (Å²) in [5.74, 6) is -1.21. The number of carboxylic acids is 1. The van der Waals surface area contributed by atoms with E-state index in [1.807, 2.05) is 0 Å². The van der Waals surface area contributed by atoms with E-state index in [1.54, 1.807) is 19.2 Å². The number of amides is 1. The summed E-state index contributed by atoms with van der Waals surface area (Å²) in [4.78, 5) is 24.7. The molecule has 5 heteroatoms. The third kappa shape index (κ3) is 2.37. The number of nitrogens with zero attached hydrogens (tertiary/aromatic N) is 2. The zero-order valence-electron chi connectivity index (χ0n) is 11.3. The van der Waals surface area contributed by atoms with E-state index in [1.165, 1.54) is 17.0 Å². The number of carbonyl (C=O) groups is 2. The summed E-state index contributed by atoms with van der Waals surface area (Å²) in [5, 5.41) is 18.2. The maximum Gasteiger partial charge on any atom is 0.335 e. The van der Waals surface area contributed by atoms with Crippen LogP contribution < -0.4 is 4.90 Å². The zero-order valence-corrected chi connectivity index (χ0v) is 11.3. The van der Waals surface area contributed by atoms with Crippen molar-refractivity contribution in [1.29, 1.82) is 5.26 Å². The number of anilines is 1. The molecule has 0 aromatic heterocycles. The molecule has 0 saturated heterocycles. The molecule has 2 rings (SSSR count). The molecule has 1 aromatic rings. The molecule has 0 spiro atoms. The number of carbonyl (C=O) groups excluding carboxylic acids is 1. The minimum Gasteiger partial charge on any atom is -0.478 e. The highest BCUT2D eigenvalue weighted by Gasteiger charge is 2.43. The van der Waals surface area contributed by atoms with Crippen molar-refractivity contribution in [2.24, 2.45) is 5.41 Å². The van der Waals surface area contributed by atoms with Crippen molar-refractivity contribution in [2.45, 2.75) is 25.7 Å². The Morgan fingerprint density at radius 3 is 2.25 bits per heavy atom. The Bertz CT molecular complexity index is 566. The summed E-state index contributed by atoms with van der Waals surface area (Å²) in [5.41, 5.74) is -0.146. The lowest BCUT2D eigenvalue weighted by Crippen LogP contribution is -2.39. The van der Waals surface area contributed by atoms with Crippen molar-refractivity contribution in [1.82, 2.24) is 0 Å². The van der Waals surface area contributed by atoms with Crippen LogP contribution in [0.4, 0.5) is 5.69 Å². The van der Waals surface area contributed by atoms with Crippen LogP contribution in [0.25, 0.3) is 0 Å². The fraction of sp³-hybridized carbons (Fsp3) is 0.400. The molecule has 1 saturated carbocycles. The Kier molecular flexibility index (Phi) is 3.75. The van der Waals surface area contributed by atoms with Gasteiger partial charge in [0.15, 0.2) is 0 Å². The molecule has 0 bridgehead atoms. The highest BCUT2D eigenvalue weighted by atomic mass is 16.4. The standard InChI is InChI=1S/C15H16N2O3/c1-17(12-6-4-11(5-7-12)13(18)19)14(20)15(10-16)8-2-3-9-15/h4-7H,2-3,8-9H2,1H3,(H,18,19). The van der Waals surface area contributed by atoms with Gasteiger partial charge in [0.1, 0.15) is 5.41 Å². The lowest BCUT2D eigenvalue weighted by molar-refractivity contribution is -0.124. The molecule has 1 aromatic carbocycles. The number of carboxylic acid groups (broad SMARTS) is 1. The van der Waals surface area contributed by atoms with Crippen LogP contribution in [0.15, 0.2) is 24.3 Å². The van der Waals surface area contributed by atoms with Gasteiger partial charge in [-0.15, -0.1) is 0 Å². The van der Waals surface area contributed by atoms with Gasteiger partial charge in [-0.25, -0.2) is 4.79 Å². The van der Waals surface area contributed by atoms with Crippen LogP contribution in [0.1, 0.15) is 36.0 Å². The van der Waals surface area contributed by atoms with E-state index in [0.717, 1.165) is 12.8 Å². The monoisotopic (exact) mass is 272 g/mol. The number of hydrogen-bond acceptors (Lipinski definition) is 3. The topological polar surface area (TPSA) is 81.4 Å². The second-order valence-electron chi connectivity index (χ2n) is 5.12. The van der Waals surface area contributed by atoms with Crippen molar-refractivity contribution in [3.05, 3.63) is 29.8 Å². The Hall–Kier alpha value is -2.35. The van der Waals surface area contributed by atoms with Gasteiger partial charge in [-0.1, -0.05) is 12.8 Å². The SMILES string of the molecule is CN(C(=O)C1(C#N)CCCC1)c1ccc(C(=O)O)cc1. The Morgan fingerprint density at radius 2 is 1.80 bits per heavy atom. The number of aromatic carboxylic acids is 1. The van der Waals surface area contributed by atoms with Gasteiger partial charge in [0.25, 0.3) is 0 Å². The van der Waals surface area contributed by atoms with E-state index >= 15 is 0 Å². The van der Waals surface area contributed by atoms with Gasteiger partial charge in [0, 0.05) is 12.7 Å². The van der Waals surface area contributed by atoms with Crippen LogP contribution in [0.5, 0.6) is 0 Å². The fourth-order valence-corrected chi connectivity index (χ4v) is 2.62. The number of hydrogen-bond donors (Lipinski definition) is 1. The Labute approximate surface area is 117 Å². The van der Waals surface area contributed by atoms with E-state index in [4.69, 9.17) is 5.11 Å². The molecule has 0 unspecified atom stereocenters. The summed E-state index contributed by atoms with van der Waals surface area (Å²) in [6, 6.07) is 8.25. The third-order valence-electron chi connectivity index (χ3n) is 3.89.